The van der Waals surface area contributed by atoms with Crippen molar-refractivity contribution in [3.8, 4) is 0 Å². The summed E-state index contributed by atoms with van der Waals surface area (Å²) in [4.78, 5) is 12.4. The van der Waals surface area contributed by atoms with Gasteiger partial charge in [0.05, 0.1) is 0 Å². The van der Waals surface area contributed by atoms with Crippen LogP contribution in [0.3, 0.4) is 0 Å². The highest BCUT2D eigenvalue weighted by molar-refractivity contribution is 5.83. The van der Waals surface area contributed by atoms with Gasteiger partial charge in [0.1, 0.15) is 5.78 Å². The van der Waals surface area contributed by atoms with Gasteiger partial charge in [0.2, 0.25) is 0 Å². The molecule has 0 bridgehead atoms. The third kappa shape index (κ3) is 2.92. The molecule has 17 heavy (non-hydrogen) atoms. The summed E-state index contributed by atoms with van der Waals surface area (Å²) in [7, 11) is 0. The highest BCUT2D eigenvalue weighted by atomic mass is 16.1. The fraction of sp³-hybridized carbons (Fsp3) is 0.938. The largest absolute Gasteiger partial charge is 0.299 e. The molecule has 0 aromatic rings. The van der Waals surface area contributed by atoms with Crippen LogP contribution < -0.4 is 0 Å². The zero-order valence-corrected chi connectivity index (χ0v) is 11.6. The summed E-state index contributed by atoms with van der Waals surface area (Å²) < 4.78 is 0. The zero-order valence-electron chi connectivity index (χ0n) is 11.6. The molecule has 2 rings (SSSR count). The minimum absolute atomic E-state index is 0.347. The van der Waals surface area contributed by atoms with Crippen molar-refractivity contribution >= 4 is 5.78 Å². The van der Waals surface area contributed by atoms with Gasteiger partial charge in [0.15, 0.2) is 0 Å². The maximum Gasteiger partial charge on any atom is 0.139 e. The first-order valence-corrected chi connectivity index (χ1v) is 7.80. The first-order chi connectivity index (χ1) is 8.26. The monoisotopic (exact) mass is 236 g/mol. The van der Waals surface area contributed by atoms with E-state index in [-0.39, 0.29) is 0 Å². The number of carbonyl (C=O) groups is 1. The predicted molar refractivity (Wildman–Crippen MR) is 71.9 cm³/mol. The van der Waals surface area contributed by atoms with E-state index in [1.807, 2.05) is 0 Å². The molecule has 0 spiro atoms. The Bertz CT molecular complexity index is 254. The standard InChI is InChI=1S/C16H28O/c1-3-12(4-2)16(17)15-10-9-13-7-5-6-8-14(13)11-15/h12-15H,3-11H2,1-2H3. The quantitative estimate of drug-likeness (QED) is 0.697. The molecular weight excluding hydrogens is 208 g/mol. The Morgan fingerprint density at radius 1 is 1.00 bits per heavy atom. The van der Waals surface area contributed by atoms with Gasteiger partial charge in [-0.25, -0.2) is 0 Å². The fourth-order valence-electron chi connectivity index (χ4n) is 4.16. The molecule has 98 valence electrons. The van der Waals surface area contributed by atoms with Crippen LogP contribution in [0.15, 0.2) is 0 Å². The average molecular weight is 236 g/mol. The van der Waals surface area contributed by atoms with Gasteiger partial charge in [-0.2, -0.15) is 0 Å². The molecule has 1 nitrogen and oxygen atoms in total. The number of hydrogen-bond donors (Lipinski definition) is 0. The van der Waals surface area contributed by atoms with E-state index in [2.05, 4.69) is 13.8 Å². The second-order valence-electron chi connectivity index (χ2n) is 6.23. The van der Waals surface area contributed by atoms with Crippen molar-refractivity contribution in [1.82, 2.24) is 0 Å². The maximum absolute atomic E-state index is 12.4. The van der Waals surface area contributed by atoms with Gasteiger partial charge in [0.25, 0.3) is 0 Å². The van der Waals surface area contributed by atoms with Crippen LogP contribution in [-0.4, -0.2) is 5.78 Å². The molecule has 2 aliphatic carbocycles. The third-order valence-electron chi connectivity index (χ3n) is 5.33. The van der Waals surface area contributed by atoms with Gasteiger partial charge in [-0.1, -0.05) is 39.5 Å². The summed E-state index contributed by atoms with van der Waals surface area (Å²) in [5.41, 5.74) is 0. The SMILES string of the molecule is CCC(CC)C(=O)C1CCC2CCCCC2C1. The Morgan fingerprint density at radius 2 is 1.65 bits per heavy atom. The summed E-state index contributed by atoms with van der Waals surface area (Å²) in [6.07, 6.45) is 11.5. The molecular formula is C16H28O. The van der Waals surface area contributed by atoms with E-state index in [0.717, 1.165) is 24.7 Å². The van der Waals surface area contributed by atoms with E-state index in [1.165, 1.54) is 44.9 Å². The van der Waals surface area contributed by atoms with Gasteiger partial charge in [0, 0.05) is 11.8 Å². The van der Waals surface area contributed by atoms with Crippen molar-refractivity contribution in [3.05, 3.63) is 0 Å². The second-order valence-corrected chi connectivity index (χ2v) is 6.23. The van der Waals surface area contributed by atoms with Crippen LogP contribution in [-0.2, 0) is 4.79 Å². The first kappa shape index (κ1) is 13.1. The van der Waals surface area contributed by atoms with Crippen molar-refractivity contribution < 1.29 is 4.79 Å². The predicted octanol–water partition coefficient (Wildman–Crippen LogP) is 4.60. The van der Waals surface area contributed by atoms with Crippen LogP contribution in [0.1, 0.15) is 71.6 Å². The van der Waals surface area contributed by atoms with E-state index in [0.29, 0.717) is 17.6 Å². The van der Waals surface area contributed by atoms with Crippen LogP contribution in [0.4, 0.5) is 0 Å². The number of rotatable bonds is 4. The Morgan fingerprint density at radius 3 is 2.29 bits per heavy atom. The number of hydrogen-bond acceptors (Lipinski definition) is 1. The Kier molecular flexibility index (Phi) is 4.64. The van der Waals surface area contributed by atoms with Crippen LogP contribution in [0.5, 0.6) is 0 Å². The lowest BCUT2D eigenvalue weighted by molar-refractivity contribution is -0.129. The van der Waals surface area contributed by atoms with Crippen molar-refractivity contribution in [2.24, 2.45) is 23.7 Å². The summed E-state index contributed by atoms with van der Waals surface area (Å²) >= 11 is 0. The third-order valence-corrected chi connectivity index (χ3v) is 5.33. The van der Waals surface area contributed by atoms with E-state index in [4.69, 9.17) is 0 Å². The van der Waals surface area contributed by atoms with E-state index in [9.17, 15) is 4.79 Å². The molecule has 3 unspecified atom stereocenters. The normalized spacial score (nSPS) is 33.5. The highest BCUT2D eigenvalue weighted by Crippen LogP contribution is 2.43. The number of Topliss-reactive ketones (excluding diaryl/α,β-unsaturated/α-hetero) is 1. The first-order valence-electron chi connectivity index (χ1n) is 7.80. The molecule has 0 aromatic heterocycles. The Labute approximate surface area is 106 Å². The maximum atomic E-state index is 12.4. The molecule has 2 saturated carbocycles. The van der Waals surface area contributed by atoms with Crippen LogP contribution in [0.25, 0.3) is 0 Å². The van der Waals surface area contributed by atoms with Gasteiger partial charge in [-0.05, 0) is 43.9 Å². The van der Waals surface area contributed by atoms with Gasteiger partial charge < -0.3 is 0 Å². The van der Waals surface area contributed by atoms with Crippen molar-refractivity contribution in [1.29, 1.82) is 0 Å². The molecule has 0 saturated heterocycles. The molecule has 0 aliphatic heterocycles. The Hall–Kier alpha value is -0.330. The number of ketones is 1. The lowest BCUT2D eigenvalue weighted by Gasteiger charge is -2.39. The molecule has 0 heterocycles. The van der Waals surface area contributed by atoms with Crippen molar-refractivity contribution in [2.75, 3.05) is 0 Å². The lowest BCUT2D eigenvalue weighted by atomic mass is 9.65. The van der Waals surface area contributed by atoms with Gasteiger partial charge in [-0.15, -0.1) is 0 Å². The zero-order chi connectivity index (χ0) is 12.3. The number of fused-ring (bicyclic) bond motifs is 1. The van der Waals surface area contributed by atoms with Crippen molar-refractivity contribution in [2.45, 2.75) is 71.6 Å². The highest BCUT2D eigenvalue weighted by Gasteiger charge is 2.36. The van der Waals surface area contributed by atoms with Crippen molar-refractivity contribution in [3.63, 3.8) is 0 Å². The molecule has 1 heteroatoms. The molecule has 0 aromatic carbocycles. The second kappa shape index (κ2) is 6.02. The summed E-state index contributed by atoms with van der Waals surface area (Å²) in [6, 6.07) is 0. The topological polar surface area (TPSA) is 17.1 Å². The lowest BCUT2D eigenvalue weighted by Crippen LogP contribution is -2.33. The minimum Gasteiger partial charge on any atom is -0.299 e. The van der Waals surface area contributed by atoms with E-state index >= 15 is 0 Å². The van der Waals surface area contributed by atoms with Crippen LogP contribution >= 0.6 is 0 Å². The van der Waals surface area contributed by atoms with E-state index in [1.54, 1.807) is 0 Å². The summed E-state index contributed by atoms with van der Waals surface area (Å²) in [5, 5.41) is 0. The van der Waals surface area contributed by atoms with E-state index < -0.39 is 0 Å². The molecule has 2 aliphatic rings. The van der Waals surface area contributed by atoms with Gasteiger partial charge in [-0.3, -0.25) is 4.79 Å². The van der Waals surface area contributed by atoms with Crippen LogP contribution in [0, 0.1) is 23.7 Å². The smallest absolute Gasteiger partial charge is 0.139 e. The molecule has 3 atom stereocenters. The van der Waals surface area contributed by atoms with Gasteiger partial charge >= 0.3 is 0 Å². The minimum atomic E-state index is 0.347. The van der Waals surface area contributed by atoms with Crippen LogP contribution in [0.2, 0.25) is 0 Å². The fourth-order valence-corrected chi connectivity index (χ4v) is 4.16. The molecule has 0 radical (unpaired) electrons. The molecule has 0 N–H and O–H groups in total. The number of carbonyl (C=O) groups excluding carboxylic acids is 1. The summed E-state index contributed by atoms with van der Waals surface area (Å²) in [5.74, 6) is 3.22. The summed E-state index contributed by atoms with van der Waals surface area (Å²) in [6.45, 7) is 4.33. The molecule has 0 amide bonds. The Balaban J connectivity index is 1.92. The average Bonchev–Trinajstić information content (AvgIpc) is 2.39. The molecule has 2 fully saturated rings.